The van der Waals surface area contributed by atoms with E-state index in [0.29, 0.717) is 24.2 Å². The second-order valence-electron chi connectivity index (χ2n) is 4.61. The number of nitrogens with zero attached hydrogens (tertiary/aromatic N) is 1. The number of alkyl halides is 3. The number of aliphatic hydroxyl groups is 1. The average Bonchev–Trinajstić information content (AvgIpc) is 2.87. The Bertz CT molecular complexity index is 563. The SMILES string of the molecule is Cc1ccc(CCC(O)c2cnc(C(F)(F)F)s2)cc1. The number of aliphatic hydroxyl groups excluding tert-OH is 1. The predicted molar refractivity (Wildman–Crippen MR) is 71.6 cm³/mol. The molecule has 1 unspecified atom stereocenters. The quantitative estimate of drug-likeness (QED) is 0.921. The monoisotopic (exact) mass is 301 g/mol. The van der Waals surface area contributed by atoms with Crippen molar-refractivity contribution in [2.75, 3.05) is 0 Å². The topological polar surface area (TPSA) is 33.1 Å². The first-order valence-corrected chi connectivity index (χ1v) is 6.94. The fourth-order valence-electron chi connectivity index (χ4n) is 1.77. The number of benzene rings is 1. The zero-order valence-electron chi connectivity index (χ0n) is 10.8. The van der Waals surface area contributed by atoms with Crippen LogP contribution in [0.4, 0.5) is 13.2 Å². The summed E-state index contributed by atoms with van der Waals surface area (Å²) in [5, 5.41) is 9.00. The number of aryl methyl sites for hydroxylation is 2. The van der Waals surface area contributed by atoms with Crippen LogP contribution in [-0.4, -0.2) is 10.1 Å². The van der Waals surface area contributed by atoms with Crippen LogP contribution >= 0.6 is 11.3 Å². The van der Waals surface area contributed by atoms with Crippen LogP contribution in [0.5, 0.6) is 0 Å². The summed E-state index contributed by atoms with van der Waals surface area (Å²) in [4.78, 5) is 3.56. The van der Waals surface area contributed by atoms with Crippen LogP contribution in [0.25, 0.3) is 0 Å². The molecule has 0 fully saturated rings. The molecule has 0 aliphatic carbocycles. The fourth-order valence-corrected chi connectivity index (χ4v) is 2.58. The minimum atomic E-state index is -4.44. The van der Waals surface area contributed by atoms with Gasteiger partial charge in [0.05, 0.1) is 11.0 Å². The van der Waals surface area contributed by atoms with Gasteiger partial charge in [-0.25, -0.2) is 4.98 Å². The van der Waals surface area contributed by atoms with Crippen LogP contribution in [0.2, 0.25) is 0 Å². The number of hydrogen-bond acceptors (Lipinski definition) is 3. The summed E-state index contributed by atoms with van der Waals surface area (Å²) in [6, 6.07) is 7.85. The van der Waals surface area contributed by atoms with E-state index in [0.717, 1.165) is 17.3 Å². The van der Waals surface area contributed by atoms with Gasteiger partial charge in [-0.2, -0.15) is 13.2 Å². The summed E-state index contributed by atoms with van der Waals surface area (Å²) in [6.45, 7) is 1.98. The zero-order valence-corrected chi connectivity index (χ0v) is 11.6. The van der Waals surface area contributed by atoms with E-state index >= 15 is 0 Å². The molecule has 1 aromatic heterocycles. The van der Waals surface area contributed by atoms with E-state index in [2.05, 4.69) is 4.98 Å². The highest BCUT2D eigenvalue weighted by atomic mass is 32.1. The molecule has 1 aromatic carbocycles. The molecule has 1 atom stereocenters. The first kappa shape index (κ1) is 15.0. The first-order chi connectivity index (χ1) is 9.36. The van der Waals surface area contributed by atoms with E-state index in [1.807, 2.05) is 31.2 Å². The molecular weight excluding hydrogens is 287 g/mol. The lowest BCUT2D eigenvalue weighted by atomic mass is 10.1. The lowest BCUT2D eigenvalue weighted by molar-refractivity contribution is -0.137. The second-order valence-corrected chi connectivity index (χ2v) is 5.67. The number of halogens is 3. The van der Waals surface area contributed by atoms with Gasteiger partial charge in [-0.05, 0) is 25.3 Å². The second kappa shape index (κ2) is 5.93. The van der Waals surface area contributed by atoms with Gasteiger partial charge < -0.3 is 5.11 Å². The standard InChI is InChI=1S/C14H14F3NOS/c1-9-2-4-10(5-3-9)6-7-11(19)12-8-18-13(20-12)14(15,16)17/h2-5,8,11,19H,6-7H2,1H3. The molecule has 1 N–H and O–H groups in total. The molecule has 6 heteroatoms. The highest BCUT2D eigenvalue weighted by Gasteiger charge is 2.35. The lowest BCUT2D eigenvalue weighted by Gasteiger charge is -2.08. The highest BCUT2D eigenvalue weighted by molar-refractivity contribution is 7.11. The maximum Gasteiger partial charge on any atom is 0.443 e. The molecule has 2 rings (SSSR count). The molecule has 2 nitrogen and oxygen atoms in total. The summed E-state index contributed by atoms with van der Waals surface area (Å²) < 4.78 is 37.3. The van der Waals surface area contributed by atoms with Crippen LogP contribution < -0.4 is 0 Å². The summed E-state index contributed by atoms with van der Waals surface area (Å²) in [5.74, 6) is 0. The normalized spacial score (nSPS) is 13.4. The van der Waals surface area contributed by atoms with Gasteiger partial charge >= 0.3 is 6.18 Å². The molecule has 0 saturated heterocycles. The van der Waals surface area contributed by atoms with E-state index in [1.165, 1.54) is 0 Å². The minimum absolute atomic E-state index is 0.254. The van der Waals surface area contributed by atoms with Crippen molar-refractivity contribution in [1.29, 1.82) is 0 Å². The molecule has 1 heterocycles. The summed E-state index contributed by atoms with van der Waals surface area (Å²) in [6.07, 6.45) is -3.26. The minimum Gasteiger partial charge on any atom is -0.388 e. The van der Waals surface area contributed by atoms with Crippen LogP contribution in [0.3, 0.4) is 0 Å². The molecule has 0 radical (unpaired) electrons. The van der Waals surface area contributed by atoms with Crippen LogP contribution in [-0.2, 0) is 12.6 Å². The molecule has 108 valence electrons. The molecular formula is C14H14F3NOS. The van der Waals surface area contributed by atoms with Crippen molar-refractivity contribution in [2.24, 2.45) is 0 Å². The Labute approximate surface area is 118 Å². The molecule has 0 spiro atoms. The largest absolute Gasteiger partial charge is 0.443 e. The number of rotatable bonds is 4. The Morgan fingerprint density at radius 2 is 1.90 bits per heavy atom. The first-order valence-electron chi connectivity index (χ1n) is 6.13. The number of hydrogen-bond donors (Lipinski definition) is 1. The number of thiazole rings is 1. The predicted octanol–water partition coefficient (Wildman–Crippen LogP) is 4.14. The molecule has 20 heavy (non-hydrogen) atoms. The van der Waals surface area contributed by atoms with Gasteiger partial charge in [0.2, 0.25) is 0 Å². The van der Waals surface area contributed by atoms with Gasteiger partial charge in [0, 0.05) is 6.20 Å². The van der Waals surface area contributed by atoms with Crippen LogP contribution in [0.1, 0.15) is 33.5 Å². The Hall–Kier alpha value is -1.40. The Balaban J connectivity index is 1.96. The smallest absolute Gasteiger partial charge is 0.388 e. The van der Waals surface area contributed by atoms with E-state index in [9.17, 15) is 18.3 Å². The molecule has 0 bridgehead atoms. The van der Waals surface area contributed by atoms with E-state index in [-0.39, 0.29) is 4.88 Å². The van der Waals surface area contributed by atoms with E-state index < -0.39 is 17.3 Å². The third-order valence-corrected chi connectivity index (χ3v) is 4.06. The lowest BCUT2D eigenvalue weighted by Crippen LogP contribution is -2.03. The average molecular weight is 301 g/mol. The molecule has 2 aromatic rings. The van der Waals surface area contributed by atoms with Crippen molar-refractivity contribution in [3.05, 3.63) is 51.5 Å². The maximum absolute atomic E-state index is 12.4. The molecule has 0 aliphatic heterocycles. The van der Waals surface area contributed by atoms with Crippen molar-refractivity contribution in [3.8, 4) is 0 Å². The Morgan fingerprint density at radius 3 is 2.45 bits per heavy atom. The van der Waals surface area contributed by atoms with Crippen molar-refractivity contribution < 1.29 is 18.3 Å². The van der Waals surface area contributed by atoms with Gasteiger partial charge in [-0.1, -0.05) is 29.8 Å². The Kier molecular flexibility index (Phi) is 4.45. The van der Waals surface area contributed by atoms with E-state index in [4.69, 9.17) is 0 Å². The summed E-state index contributed by atoms with van der Waals surface area (Å²) in [5.41, 5.74) is 2.20. The third-order valence-electron chi connectivity index (χ3n) is 2.92. The van der Waals surface area contributed by atoms with Gasteiger partial charge in [0.25, 0.3) is 0 Å². The van der Waals surface area contributed by atoms with Crippen molar-refractivity contribution in [2.45, 2.75) is 32.0 Å². The zero-order chi connectivity index (χ0) is 14.8. The van der Waals surface area contributed by atoms with Gasteiger partial charge in [-0.15, -0.1) is 11.3 Å². The van der Waals surface area contributed by atoms with Gasteiger partial charge in [0.15, 0.2) is 5.01 Å². The maximum atomic E-state index is 12.4. The number of aromatic nitrogens is 1. The van der Waals surface area contributed by atoms with E-state index in [1.54, 1.807) is 0 Å². The van der Waals surface area contributed by atoms with Crippen molar-refractivity contribution >= 4 is 11.3 Å². The third kappa shape index (κ3) is 3.80. The van der Waals surface area contributed by atoms with Crippen molar-refractivity contribution in [1.82, 2.24) is 4.98 Å². The van der Waals surface area contributed by atoms with Gasteiger partial charge in [0.1, 0.15) is 0 Å². The summed E-state index contributed by atoms with van der Waals surface area (Å²) in [7, 11) is 0. The van der Waals surface area contributed by atoms with Crippen molar-refractivity contribution in [3.63, 3.8) is 0 Å². The van der Waals surface area contributed by atoms with Crippen LogP contribution in [0, 0.1) is 6.92 Å². The fraction of sp³-hybridized carbons (Fsp3) is 0.357. The summed E-state index contributed by atoms with van der Waals surface area (Å²) >= 11 is 0.499. The molecule has 0 amide bonds. The Morgan fingerprint density at radius 1 is 1.25 bits per heavy atom. The van der Waals surface area contributed by atoms with Crippen LogP contribution in [0.15, 0.2) is 30.5 Å². The highest BCUT2D eigenvalue weighted by Crippen LogP contribution is 2.35. The molecule has 0 aliphatic rings. The van der Waals surface area contributed by atoms with Gasteiger partial charge in [-0.3, -0.25) is 0 Å². The molecule has 0 saturated carbocycles.